The maximum atomic E-state index is 6.96. The van der Waals surface area contributed by atoms with E-state index >= 15 is 0 Å². The number of rotatable bonds is 4. The molecule has 11 aromatic carbocycles. The molecule has 0 saturated heterocycles. The van der Waals surface area contributed by atoms with E-state index in [1.165, 1.54) is 76.4 Å². The van der Waals surface area contributed by atoms with Crippen LogP contribution in [0.15, 0.2) is 231 Å². The Morgan fingerprint density at radius 1 is 0.344 bits per heavy atom. The molecule has 1 aliphatic heterocycles. The highest BCUT2D eigenvalue weighted by atomic mass is 16.5. The standard InChI is InChI=1S/C61H38N2O/c1-3-15-42-35-44(29-27-39(42)13-1)62(46-31-33-57-51(37-46)49-20-6-9-25-56(49)63(57)45-30-28-40-14-2-4-16-43(40)36-45)47-32-34-59-55(38-47)61(53-23-8-10-26-58(53)64-59)52-22-7-5-19-48(52)50-21-11-17-41-18-12-24-54(61)60(41)50/h1-38H. The fourth-order valence-corrected chi connectivity index (χ4v) is 11.3. The molecule has 2 heterocycles. The summed E-state index contributed by atoms with van der Waals surface area (Å²) in [7, 11) is 0. The third-order valence-corrected chi connectivity index (χ3v) is 14.0. The second-order valence-corrected chi connectivity index (χ2v) is 17.2. The first-order chi connectivity index (χ1) is 31.7. The molecule has 1 atom stereocenters. The first-order valence-electron chi connectivity index (χ1n) is 22.1. The number of para-hydroxylation sites is 2. The Balaban J connectivity index is 1.04. The van der Waals surface area contributed by atoms with Gasteiger partial charge in [-0.2, -0.15) is 0 Å². The van der Waals surface area contributed by atoms with Crippen LogP contribution in [0.3, 0.4) is 0 Å². The van der Waals surface area contributed by atoms with Crippen LogP contribution in [0.4, 0.5) is 17.1 Å². The van der Waals surface area contributed by atoms with Gasteiger partial charge in [-0.1, -0.05) is 158 Å². The molecule has 14 rings (SSSR count). The molecule has 0 saturated carbocycles. The van der Waals surface area contributed by atoms with Crippen LogP contribution in [0, 0.1) is 0 Å². The smallest absolute Gasteiger partial charge is 0.132 e. The van der Waals surface area contributed by atoms with E-state index in [2.05, 4.69) is 240 Å². The highest BCUT2D eigenvalue weighted by molar-refractivity contribution is 6.11. The Labute approximate surface area is 370 Å². The number of hydrogen-bond acceptors (Lipinski definition) is 2. The number of anilines is 3. The average Bonchev–Trinajstić information content (AvgIpc) is 3.69. The monoisotopic (exact) mass is 814 g/mol. The van der Waals surface area contributed by atoms with Crippen LogP contribution in [0.1, 0.15) is 22.3 Å². The van der Waals surface area contributed by atoms with Crippen molar-refractivity contribution in [2.75, 3.05) is 4.90 Å². The Hall–Kier alpha value is -8.40. The van der Waals surface area contributed by atoms with Crippen molar-refractivity contribution in [3.63, 3.8) is 0 Å². The van der Waals surface area contributed by atoms with Gasteiger partial charge in [0.25, 0.3) is 0 Å². The Morgan fingerprint density at radius 3 is 1.80 bits per heavy atom. The lowest BCUT2D eigenvalue weighted by molar-refractivity contribution is 0.435. The Bertz CT molecular complexity index is 3910. The normalized spacial score (nSPS) is 14.8. The van der Waals surface area contributed by atoms with Crippen molar-refractivity contribution < 1.29 is 4.74 Å². The van der Waals surface area contributed by atoms with Crippen molar-refractivity contribution in [1.82, 2.24) is 4.57 Å². The molecule has 1 aliphatic carbocycles. The van der Waals surface area contributed by atoms with Crippen LogP contribution in [-0.2, 0) is 5.41 Å². The summed E-state index contributed by atoms with van der Waals surface area (Å²) >= 11 is 0. The number of hydrogen-bond donors (Lipinski definition) is 0. The van der Waals surface area contributed by atoms with Crippen molar-refractivity contribution in [1.29, 1.82) is 0 Å². The van der Waals surface area contributed by atoms with E-state index in [1.54, 1.807) is 0 Å². The fraction of sp³-hybridized carbons (Fsp3) is 0.0164. The molecule has 0 N–H and O–H groups in total. The molecule has 0 amide bonds. The number of ether oxygens (including phenoxy) is 1. The Morgan fingerprint density at radius 2 is 0.922 bits per heavy atom. The van der Waals surface area contributed by atoms with Crippen LogP contribution < -0.4 is 9.64 Å². The summed E-state index contributed by atoms with van der Waals surface area (Å²) in [5.74, 6) is 1.74. The molecule has 64 heavy (non-hydrogen) atoms. The quantitative estimate of drug-likeness (QED) is 0.176. The van der Waals surface area contributed by atoms with E-state index in [9.17, 15) is 0 Å². The van der Waals surface area contributed by atoms with Crippen LogP contribution in [0.5, 0.6) is 11.5 Å². The van der Waals surface area contributed by atoms with Gasteiger partial charge >= 0.3 is 0 Å². The van der Waals surface area contributed by atoms with Gasteiger partial charge in [0.2, 0.25) is 0 Å². The van der Waals surface area contributed by atoms with Crippen molar-refractivity contribution in [3.05, 3.63) is 253 Å². The maximum Gasteiger partial charge on any atom is 0.132 e. The van der Waals surface area contributed by atoms with E-state index in [-0.39, 0.29) is 0 Å². The van der Waals surface area contributed by atoms with E-state index < -0.39 is 5.41 Å². The summed E-state index contributed by atoms with van der Waals surface area (Å²) in [4.78, 5) is 2.44. The molecule has 0 fully saturated rings. The molecule has 1 unspecified atom stereocenters. The second kappa shape index (κ2) is 13.3. The fourth-order valence-electron chi connectivity index (χ4n) is 11.3. The van der Waals surface area contributed by atoms with Gasteiger partial charge in [-0.3, -0.25) is 0 Å². The van der Waals surface area contributed by atoms with Crippen molar-refractivity contribution in [2.24, 2.45) is 0 Å². The Kier molecular flexibility index (Phi) is 7.32. The molecule has 3 heteroatoms. The number of nitrogens with zero attached hydrogens (tertiary/aromatic N) is 2. The van der Waals surface area contributed by atoms with Crippen LogP contribution in [-0.4, -0.2) is 4.57 Å². The van der Waals surface area contributed by atoms with Gasteiger partial charge < -0.3 is 14.2 Å². The van der Waals surface area contributed by atoms with Crippen LogP contribution in [0.2, 0.25) is 0 Å². The third-order valence-electron chi connectivity index (χ3n) is 14.0. The zero-order valence-corrected chi connectivity index (χ0v) is 34.7. The SMILES string of the molecule is c1ccc2c(c1)Oc1ccc(N(c3ccc4ccccc4c3)c3ccc4c(c3)c3ccccc3n4-c3ccc4ccccc4c3)cc1C21c2ccccc2-c2cccc3cccc1c23. The maximum absolute atomic E-state index is 6.96. The van der Waals surface area contributed by atoms with Crippen molar-refractivity contribution in [3.8, 4) is 28.3 Å². The van der Waals surface area contributed by atoms with Gasteiger partial charge in [-0.25, -0.2) is 0 Å². The molecule has 1 aromatic heterocycles. The van der Waals surface area contributed by atoms with E-state index in [4.69, 9.17) is 4.74 Å². The summed E-state index contributed by atoms with van der Waals surface area (Å²) in [6.45, 7) is 0. The first-order valence-corrected chi connectivity index (χ1v) is 22.1. The number of fused-ring (bicyclic) bond motifs is 13. The van der Waals surface area contributed by atoms with E-state index in [0.717, 1.165) is 45.4 Å². The average molecular weight is 815 g/mol. The molecule has 0 bridgehead atoms. The van der Waals surface area contributed by atoms with Gasteiger partial charge in [-0.15, -0.1) is 0 Å². The number of benzene rings is 11. The minimum Gasteiger partial charge on any atom is -0.457 e. The predicted octanol–water partition coefficient (Wildman–Crippen LogP) is 16.2. The van der Waals surface area contributed by atoms with Gasteiger partial charge in [0.05, 0.1) is 16.4 Å². The van der Waals surface area contributed by atoms with Gasteiger partial charge in [0.1, 0.15) is 11.5 Å². The molecular formula is C61H38N2O. The molecular weight excluding hydrogens is 777 g/mol. The van der Waals surface area contributed by atoms with Gasteiger partial charge in [-0.05, 0) is 127 Å². The lowest BCUT2D eigenvalue weighted by Gasteiger charge is -2.45. The molecule has 3 nitrogen and oxygen atoms in total. The lowest BCUT2D eigenvalue weighted by atomic mass is 9.58. The summed E-state index contributed by atoms with van der Waals surface area (Å²) in [6, 6.07) is 84.7. The highest BCUT2D eigenvalue weighted by Crippen LogP contribution is 2.62. The zero-order valence-electron chi connectivity index (χ0n) is 34.7. The predicted molar refractivity (Wildman–Crippen MR) is 265 cm³/mol. The lowest BCUT2D eigenvalue weighted by Crippen LogP contribution is -2.36. The van der Waals surface area contributed by atoms with Crippen LogP contribution in [0.25, 0.3) is 70.9 Å². The van der Waals surface area contributed by atoms with Gasteiger partial charge in [0, 0.05) is 44.6 Å². The summed E-state index contributed by atoms with van der Waals surface area (Å²) in [6.07, 6.45) is 0. The molecule has 298 valence electrons. The summed E-state index contributed by atoms with van der Waals surface area (Å²) < 4.78 is 9.38. The zero-order chi connectivity index (χ0) is 41.9. The van der Waals surface area contributed by atoms with Crippen LogP contribution >= 0.6 is 0 Å². The summed E-state index contributed by atoms with van der Waals surface area (Å²) in [5.41, 5.74) is 13.4. The molecule has 0 radical (unpaired) electrons. The summed E-state index contributed by atoms with van der Waals surface area (Å²) in [5, 5.41) is 9.79. The molecule has 1 spiro atoms. The highest BCUT2D eigenvalue weighted by Gasteiger charge is 2.49. The largest absolute Gasteiger partial charge is 0.457 e. The minimum absolute atomic E-state index is 0.656. The minimum atomic E-state index is -0.656. The second-order valence-electron chi connectivity index (χ2n) is 17.2. The van der Waals surface area contributed by atoms with Crippen molar-refractivity contribution >= 4 is 71.2 Å². The third kappa shape index (κ3) is 4.86. The van der Waals surface area contributed by atoms with E-state index in [1.807, 2.05) is 0 Å². The van der Waals surface area contributed by atoms with Gasteiger partial charge in [0.15, 0.2) is 0 Å². The first kappa shape index (κ1) is 35.2. The number of aromatic nitrogens is 1. The topological polar surface area (TPSA) is 17.4 Å². The van der Waals surface area contributed by atoms with Crippen molar-refractivity contribution in [2.45, 2.75) is 5.41 Å². The van der Waals surface area contributed by atoms with E-state index in [0.29, 0.717) is 0 Å². The molecule has 2 aliphatic rings. The molecule has 12 aromatic rings.